The summed E-state index contributed by atoms with van der Waals surface area (Å²) >= 11 is 0. The van der Waals surface area contributed by atoms with Crippen LogP contribution < -0.4 is 9.64 Å². The van der Waals surface area contributed by atoms with E-state index < -0.39 is 5.82 Å². The van der Waals surface area contributed by atoms with Crippen molar-refractivity contribution >= 4 is 23.3 Å². The average molecular weight is 381 g/mol. The fourth-order valence-electron chi connectivity index (χ4n) is 3.98. The summed E-state index contributed by atoms with van der Waals surface area (Å²) in [6, 6.07) is 11.9. The van der Waals surface area contributed by atoms with Crippen molar-refractivity contribution in [1.29, 1.82) is 0 Å². The van der Waals surface area contributed by atoms with Gasteiger partial charge in [-0.3, -0.25) is 19.3 Å². The van der Waals surface area contributed by atoms with Crippen molar-refractivity contribution in [2.75, 3.05) is 11.5 Å². The number of ether oxygens (including phenoxy) is 1. The van der Waals surface area contributed by atoms with Crippen LogP contribution in [-0.2, 0) is 9.59 Å². The molecule has 0 bridgehead atoms. The molecule has 144 valence electrons. The number of rotatable bonds is 5. The quantitative estimate of drug-likeness (QED) is 0.584. The summed E-state index contributed by atoms with van der Waals surface area (Å²) < 4.78 is 18.4. The lowest BCUT2D eigenvalue weighted by Crippen LogP contribution is -2.30. The molecule has 1 aliphatic carbocycles. The second-order valence-corrected chi connectivity index (χ2v) is 7.22. The molecule has 4 rings (SSSR count). The van der Waals surface area contributed by atoms with Crippen LogP contribution in [0.5, 0.6) is 5.75 Å². The molecule has 1 aliphatic heterocycles. The van der Waals surface area contributed by atoms with Gasteiger partial charge in [0.15, 0.2) is 12.4 Å². The molecule has 0 N–H and O–H groups in total. The number of halogens is 1. The Bertz CT molecular complexity index is 883. The van der Waals surface area contributed by atoms with E-state index in [2.05, 4.69) is 0 Å². The number of hydrogen-bond acceptors (Lipinski definition) is 4. The van der Waals surface area contributed by atoms with Crippen LogP contribution in [0, 0.1) is 17.7 Å². The Hall–Kier alpha value is -3.02. The number of imide groups is 1. The zero-order valence-corrected chi connectivity index (χ0v) is 15.3. The van der Waals surface area contributed by atoms with Crippen molar-refractivity contribution in [2.24, 2.45) is 11.8 Å². The van der Waals surface area contributed by atoms with Gasteiger partial charge in [-0.2, -0.15) is 0 Å². The molecule has 2 aromatic carbocycles. The van der Waals surface area contributed by atoms with Gasteiger partial charge in [0, 0.05) is 5.56 Å². The molecule has 6 heteroatoms. The van der Waals surface area contributed by atoms with E-state index in [0.717, 1.165) is 25.7 Å². The number of benzene rings is 2. The van der Waals surface area contributed by atoms with Gasteiger partial charge in [-0.25, -0.2) is 4.39 Å². The van der Waals surface area contributed by atoms with Crippen LogP contribution in [-0.4, -0.2) is 24.2 Å². The molecule has 2 atom stereocenters. The molecule has 2 fully saturated rings. The van der Waals surface area contributed by atoms with Gasteiger partial charge in [-0.05, 0) is 61.4 Å². The highest BCUT2D eigenvalue weighted by molar-refractivity contribution is 6.22. The summed E-state index contributed by atoms with van der Waals surface area (Å²) in [7, 11) is 0. The van der Waals surface area contributed by atoms with Gasteiger partial charge in [0.2, 0.25) is 11.8 Å². The van der Waals surface area contributed by atoms with Crippen molar-refractivity contribution < 1.29 is 23.5 Å². The maximum Gasteiger partial charge on any atom is 0.237 e. The molecule has 2 amide bonds. The molecule has 1 heterocycles. The Kier molecular flexibility index (Phi) is 4.94. The minimum absolute atomic E-state index is 0.116. The minimum Gasteiger partial charge on any atom is -0.485 e. The summed E-state index contributed by atoms with van der Waals surface area (Å²) in [5, 5.41) is 0. The van der Waals surface area contributed by atoms with E-state index in [-0.39, 0.29) is 36.0 Å². The summed E-state index contributed by atoms with van der Waals surface area (Å²) in [4.78, 5) is 38.6. The second kappa shape index (κ2) is 7.54. The van der Waals surface area contributed by atoms with E-state index in [1.165, 1.54) is 29.2 Å². The maximum absolute atomic E-state index is 12.9. The first-order valence-electron chi connectivity index (χ1n) is 9.44. The van der Waals surface area contributed by atoms with Gasteiger partial charge in [0.25, 0.3) is 0 Å². The monoisotopic (exact) mass is 381 g/mol. The number of nitrogens with zero attached hydrogens (tertiary/aromatic N) is 1. The van der Waals surface area contributed by atoms with E-state index >= 15 is 0 Å². The number of amides is 2. The molecular weight excluding hydrogens is 361 g/mol. The Labute approximate surface area is 162 Å². The first kappa shape index (κ1) is 18.3. The zero-order chi connectivity index (χ0) is 19.7. The molecule has 28 heavy (non-hydrogen) atoms. The minimum atomic E-state index is -0.404. The summed E-state index contributed by atoms with van der Waals surface area (Å²) in [6.07, 6.45) is 3.53. The molecule has 5 nitrogen and oxygen atoms in total. The number of carbonyl (C=O) groups excluding carboxylic acids is 3. The molecule has 0 unspecified atom stereocenters. The first-order chi connectivity index (χ1) is 13.5. The van der Waals surface area contributed by atoms with Gasteiger partial charge in [0.05, 0.1) is 17.5 Å². The molecule has 1 saturated heterocycles. The van der Waals surface area contributed by atoms with Gasteiger partial charge >= 0.3 is 0 Å². The molecule has 2 aliphatic rings. The lowest BCUT2D eigenvalue weighted by atomic mass is 9.81. The van der Waals surface area contributed by atoms with Gasteiger partial charge in [-0.1, -0.05) is 12.8 Å². The van der Waals surface area contributed by atoms with Crippen LogP contribution in [0.25, 0.3) is 0 Å². The number of carbonyl (C=O) groups is 3. The molecule has 0 spiro atoms. The molecule has 0 aromatic heterocycles. The topological polar surface area (TPSA) is 63.7 Å². The zero-order valence-electron chi connectivity index (χ0n) is 15.3. The van der Waals surface area contributed by atoms with Crippen molar-refractivity contribution in [3.05, 3.63) is 59.9 Å². The molecule has 0 radical (unpaired) electrons. The van der Waals surface area contributed by atoms with E-state index in [1.54, 1.807) is 24.3 Å². The predicted molar refractivity (Wildman–Crippen MR) is 101 cm³/mol. The lowest BCUT2D eigenvalue weighted by molar-refractivity contribution is -0.122. The fourth-order valence-corrected chi connectivity index (χ4v) is 3.98. The van der Waals surface area contributed by atoms with E-state index in [1.807, 2.05) is 0 Å². The number of ketones is 1. The summed E-state index contributed by atoms with van der Waals surface area (Å²) in [5.41, 5.74) is 0.899. The molecule has 2 aromatic rings. The van der Waals surface area contributed by atoms with Crippen LogP contribution in [0.3, 0.4) is 0 Å². The average Bonchev–Trinajstić information content (AvgIpc) is 2.98. The second-order valence-electron chi connectivity index (χ2n) is 7.22. The molecule has 1 saturated carbocycles. The highest BCUT2D eigenvalue weighted by atomic mass is 19.1. The smallest absolute Gasteiger partial charge is 0.237 e. The Balaban J connectivity index is 1.41. The highest BCUT2D eigenvalue weighted by Crippen LogP contribution is 2.40. The maximum atomic E-state index is 12.9. The highest BCUT2D eigenvalue weighted by Gasteiger charge is 2.48. The van der Waals surface area contributed by atoms with Crippen LogP contribution in [0.2, 0.25) is 0 Å². The third-order valence-corrected chi connectivity index (χ3v) is 5.47. The van der Waals surface area contributed by atoms with Crippen molar-refractivity contribution in [3.8, 4) is 5.75 Å². The van der Waals surface area contributed by atoms with Crippen LogP contribution in [0.1, 0.15) is 36.0 Å². The van der Waals surface area contributed by atoms with Crippen LogP contribution in [0.4, 0.5) is 10.1 Å². The van der Waals surface area contributed by atoms with E-state index in [0.29, 0.717) is 17.0 Å². The Morgan fingerprint density at radius 1 is 0.929 bits per heavy atom. The van der Waals surface area contributed by atoms with Crippen LogP contribution >= 0.6 is 0 Å². The fraction of sp³-hybridized carbons (Fsp3) is 0.318. The van der Waals surface area contributed by atoms with E-state index in [4.69, 9.17) is 4.74 Å². The van der Waals surface area contributed by atoms with Gasteiger partial charge in [0.1, 0.15) is 11.6 Å². The lowest BCUT2D eigenvalue weighted by Gasteiger charge is -2.19. The van der Waals surface area contributed by atoms with Gasteiger partial charge in [-0.15, -0.1) is 0 Å². The van der Waals surface area contributed by atoms with Crippen LogP contribution in [0.15, 0.2) is 48.5 Å². The van der Waals surface area contributed by atoms with Gasteiger partial charge < -0.3 is 4.74 Å². The number of Topliss-reactive ketones (excluding diaryl/α,β-unsaturated/α-hetero) is 1. The standard InChI is InChI=1S/C22H20FNO4/c23-15-7-5-14(6-8-15)20(25)13-28-17-11-9-16(10-12-17)24-21(26)18-3-1-2-4-19(18)22(24)27/h5-12,18-19H,1-4,13H2/t18-,19-/m1/s1. The summed E-state index contributed by atoms with van der Waals surface area (Å²) in [6.45, 7) is -0.184. The Morgan fingerprint density at radius 3 is 2.07 bits per heavy atom. The molecular formula is C22H20FNO4. The number of hydrogen-bond donors (Lipinski definition) is 0. The largest absolute Gasteiger partial charge is 0.485 e. The number of anilines is 1. The van der Waals surface area contributed by atoms with E-state index in [9.17, 15) is 18.8 Å². The number of fused-ring (bicyclic) bond motifs is 1. The van der Waals surface area contributed by atoms with Crippen molar-refractivity contribution in [3.63, 3.8) is 0 Å². The normalized spacial score (nSPS) is 21.5. The predicted octanol–water partition coefficient (Wildman–Crippen LogP) is 3.77. The Morgan fingerprint density at radius 2 is 1.50 bits per heavy atom. The third-order valence-electron chi connectivity index (χ3n) is 5.47. The van der Waals surface area contributed by atoms with Crippen molar-refractivity contribution in [1.82, 2.24) is 0 Å². The summed E-state index contributed by atoms with van der Waals surface area (Å²) in [5.74, 6) is -0.826. The first-order valence-corrected chi connectivity index (χ1v) is 9.44. The SMILES string of the molecule is O=C(COc1ccc(N2C(=O)[C@@H]3CCCC[C@H]3C2=O)cc1)c1ccc(F)cc1. The van der Waals surface area contributed by atoms with Crippen molar-refractivity contribution in [2.45, 2.75) is 25.7 Å². The third kappa shape index (κ3) is 3.42.